The van der Waals surface area contributed by atoms with E-state index < -0.39 is 11.7 Å². The molecule has 2 aromatic carbocycles. The summed E-state index contributed by atoms with van der Waals surface area (Å²) in [5, 5.41) is 13.0. The monoisotopic (exact) mass is 366 g/mol. The molecule has 2 N–H and O–H groups in total. The van der Waals surface area contributed by atoms with Crippen LogP contribution in [-0.2, 0) is 9.59 Å². The zero-order chi connectivity index (χ0) is 19.0. The number of hydrogen-bond donors (Lipinski definition) is 2. The Morgan fingerprint density at radius 2 is 2.15 bits per heavy atom. The average Bonchev–Trinajstić information content (AvgIpc) is 3.17. The van der Waals surface area contributed by atoms with Crippen molar-refractivity contribution in [1.29, 1.82) is 0 Å². The SMILES string of the molecule is Cc1ccc(-c2nnco2)cc1NC(=O)C1CC(=O)Nc2cc(F)ccc21. The van der Waals surface area contributed by atoms with Crippen molar-refractivity contribution < 1.29 is 18.4 Å². The summed E-state index contributed by atoms with van der Waals surface area (Å²) < 4.78 is 18.6. The van der Waals surface area contributed by atoms with Crippen molar-refractivity contribution in [2.24, 2.45) is 0 Å². The summed E-state index contributed by atoms with van der Waals surface area (Å²) in [7, 11) is 0. The molecule has 2 amide bonds. The number of rotatable bonds is 3. The molecule has 3 aromatic rings. The number of hydrogen-bond acceptors (Lipinski definition) is 5. The molecule has 1 aromatic heterocycles. The second kappa shape index (κ2) is 6.64. The van der Waals surface area contributed by atoms with Gasteiger partial charge in [0.1, 0.15) is 5.82 Å². The average molecular weight is 366 g/mol. The Morgan fingerprint density at radius 3 is 2.93 bits per heavy atom. The lowest BCUT2D eigenvalue weighted by Crippen LogP contribution is -2.31. The van der Waals surface area contributed by atoms with E-state index in [2.05, 4.69) is 20.8 Å². The Kier molecular flexibility index (Phi) is 4.15. The van der Waals surface area contributed by atoms with Crippen molar-refractivity contribution in [2.75, 3.05) is 10.6 Å². The molecule has 2 heterocycles. The lowest BCUT2D eigenvalue weighted by Gasteiger charge is -2.25. The molecule has 1 aliphatic heterocycles. The van der Waals surface area contributed by atoms with Crippen LogP contribution in [0.15, 0.2) is 47.2 Å². The fourth-order valence-corrected chi connectivity index (χ4v) is 3.08. The van der Waals surface area contributed by atoms with Crippen LogP contribution in [0.1, 0.15) is 23.5 Å². The first-order valence-corrected chi connectivity index (χ1v) is 8.28. The second-order valence-corrected chi connectivity index (χ2v) is 6.30. The van der Waals surface area contributed by atoms with Crippen LogP contribution in [0.2, 0.25) is 0 Å². The highest BCUT2D eigenvalue weighted by Crippen LogP contribution is 2.34. The van der Waals surface area contributed by atoms with Crippen LogP contribution >= 0.6 is 0 Å². The third-order valence-corrected chi connectivity index (χ3v) is 4.47. The number of anilines is 2. The van der Waals surface area contributed by atoms with Crippen LogP contribution in [0.25, 0.3) is 11.5 Å². The zero-order valence-electron chi connectivity index (χ0n) is 14.3. The maximum atomic E-state index is 13.5. The van der Waals surface area contributed by atoms with E-state index in [0.29, 0.717) is 28.4 Å². The van der Waals surface area contributed by atoms with Crippen molar-refractivity contribution >= 4 is 23.2 Å². The predicted molar refractivity (Wildman–Crippen MR) is 95.5 cm³/mol. The lowest BCUT2D eigenvalue weighted by atomic mass is 9.89. The zero-order valence-corrected chi connectivity index (χ0v) is 14.3. The molecule has 1 atom stereocenters. The van der Waals surface area contributed by atoms with Gasteiger partial charge >= 0.3 is 0 Å². The molecule has 1 unspecified atom stereocenters. The van der Waals surface area contributed by atoms with Crippen LogP contribution in [0.5, 0.6) is 0 Å². The Hall–Kier alpha value is -3.55. The van der Waals surface area contributed by atoms with Crippen molar-refractivity contribution in [3.63, 3.8) is 0 Å². The van der Waals surface area contributed by atoms with Crippen LogP contribution in [0, 0.1) is 12.7 Å². The summed E-state index contributed by atoms with van der Waals surface area (Å²) in [6, 6.07) is 9.38. The van der Waals surface area contributed by atoms with E-state index >= 15 is 0 Å². The molecule has 7 nitrogen and oxygen atoms in total. The summed E-state index contributed by atoms with van der Waals surface area (Å²) in [6.07, 6.45) is 1.22. The van der Waals surface area contributed by atoms with Gasteiger partial charge in [-0.15, -0.1) is 10.2 Å². The second-order valence-electron chi connectivity index (χ2n) is 6.30. The summed E-state index contributed by atoms with van der Waals surface area (Å²) in [4.78, 5) is 24.8. The van der Waals surface area contributed by atoms with Crippen LogP contribution in [-0.4, -0.2) is 22.0 Å². The number of halogens is 1. The summed E-state index contributed by atoms with van der Waals surface area (Å²) in [6.45, 7) is 1.85. The number of benzene rings is 2. The van der Waals surface area contributed by atoms with Gasteiger partial charge in [-0.05, 0) is 42.3 Å². The molecule has 136 valence electrons. The van der Waals surface area contributed by atoms with E-state index in [9.17, 15) is 14.0 Å². The first-order chi connectivity index (χ1) is 13.0. The fourth-order valence-electron chi connectivity index (χ4n) is 3.08. The summed E-state index contributed by atoms with van der Waals surface area (Å²) >= 11 is 0. The molecular weight excluding hydrogens is 351 g/mol. The number of amides is 2. The molecule has 0 aliphatic carbocycles. The number of fused-ring (bicyclic) bond motifs is 1. The Morgan fingerprint density at radius 1 is 1.30 bits per heavy atom. The molecule has 4 rings (SSSR count). The largest absolute Gasteiger partial charge is 0.423 e. The van der Waals surface area contributed by atoms with Crippen molar-refractivity contribution in [1.82, 2.24) is 10.2 Å². The van der Waals surface area contributed by atoms with Crippen molar-refractivity contribution in [3.05, 3.63) is 59.7 Å². The Balaban J connectivity index is 1.63. The summed E-state index contributed by atoms with van der Waals surface area (Å²) in [5.41, 5.74) is 2.98. The van der Waals surface area contributed by atoms with Gasteiger partial charge in [-0.2, -0.15) is 0 Å². The Labute approximate surface area is 153 Å². The molecule has 0 spiro atoms. The van der Waals surface area contributed by atoms with Crippen LogP contribution in [0.3, 0.4) is 0 Å². The molecule has 8 heteroatoms. The van der Waals surface area contributed by atoms with Crippen molar-refractivity contribution in [3.8, 4) is 11.5 Å². The van der Waals surface area contributed by atoms with Crippen LogP contribution in [0.4, 0.5) is 15.8 Å². The number of nitrogens with zero attached hydrogens (tertiary/aromatic N) is 2. The third-order valence-electron chi connectivity index (χ3n) is 4.47. The maximum Gasteiger partial charge on any atom is 0.247 e. The first kappa shape index (κ1) is 16.9. The van der Waals surface area contributed by atoms with Gasteiger partial charge in [0.2, 0.25) is 24.1 Å². The van der Waals surface area contributed by atoms with Gasteiger partial charge in [0.25, 0.3) is 0 Å². The fraction of sp³-hybridized carbons (Fsp3) is 0.158. The first-order valence-electron chi connectivity index (χ1n) is 8.28. The highest BCUT2D eigenvalue weighted by molar-refractivity contribution is 6.05. The molecule has 0 bridgehead atoms. The normalized spacial score (nSPS) is 15.8. The van der Waals surface area contributed by atoms with Gasteiger partial charge in [0.15, 0.2) is 0 Å². The number of aryl methyl sites for hydroxylation is 1. The van der Waals surface area contributed by atoms with Gasteiger partial charge in [-0.3, -0.25) is 9.59 Å². The molecule has 0 saturated heterocycles. The van der Waals surface area contributed by atoms with E-state index in [1.807, 2.05) is 19.1 Å². The minimum atomic E-state index is -0.708. The number of aromatic nitrogens is 2. The number of nitrogens with one attached hydrogen (secondary N) is 2. The molecule has 27 heavy (non-hydrogen) atoms. The van der Waals surface area contributed by atoms with Gasteiger partial charge in [-0.25, -0.2) is 4.39 Å². The number of carbonyl (C=O) groups excluding carboxylic acids is 2. The Bertz CT molecular complexity index is 1030. The third kappa shape index (κ3) is 3.29. The van der Waals surface area contributed by atoms with Crippen molar-refractivity contribution in [2.45, 2.75) is 19.3 Å². The topological polar surface area (TPSA) is 97.1 Å². The van der Waals surface area contributed by atoms with E-state index in [4.69, 9.17) is 4.42 Å². The molecular formula is C19H15FN4O3. The number of carbonyl (C=O) groups is 2. The van der Waals surface area contributed by atoms with E-state index in [-0.39, 0.29) is 18.2 Å². The molecule has 0 saturated carbocycles. The molecule has 1 aliphatic rings. The highest BCUT2D eigenvalue weighted by Gasteiger charge is 2.31. The van der Waals surface area contributed by atoms with Gasteiger partial charge in [0, 0.05) is 23.4 Å². The molecule has 0 fully saturated rings. The lowest BCUT2D eigenvalue weighted by molar-refractivity contribution is -0.123. The smallest absolute Gasteiger partial charge is 0.247 e. The maximum absolute atomic E-state index is 13.5. The predicted octanol–water partition coefficient (Wildman–Crippen LogP) is 3.25. The van der Waals surface area contributed by atoms with E-state index in [0.717, 1.165) is 5.56 Å². The van der Waals surface area contributed by atoms with E-state index in [1.165, 1.54) is 24.6 Å². The van der Waals surface area contributed by atoms with Gasteiger partial charge < -0.3 is 15.1 Å². The van der Waals surface area contributed by atoms with Gasteiger partial charge in [0.05, 0.1) is 5.92 Å². The van der Waals surface area contributed by atoms with Gasteiger partial charge in [-0.1, -0.05) is 12.1 Å². The minimum Gasteiger partial charge on any atom is -0.423 e. The highest BCUT2D eigenvalue weighted by atomic mass is 19.1. The molecule has 0 radical (unpaired) electrons. The summed E-state index contributed by atoms with van der Waals surface area (Å²) in [5.74, 6) is -1.52. The quantitative estimate of drug-likeness (QED) is 0.742. The standard InChI is InChI=1S/C19H15FN4O3/c1-10-2-3-11(19-24-21-9-27-19)6-15(10)23-18(26)14-8-17(25)22-16-7-12(20)4-5-13(14)16/h2-7,9,14H,8H2,1H3,(H,22,25)(H,23,26). The van der Waals surface area contributed by atoms with E-state index in [1.54, 1.807) is 6.07 Å². The minimum absolute atomic E-state index is 0.00708. The van der Waals surface area contributed by atoms with Crippen LogP contribution < -0.4 is 10.6 Å².